The van der Waals surface area contributed by atoms with Gasteiger partial charge in [0.05, 0.1) is 5.56 Å². The van der Waals surface area contributed by atoms with Crippen LogP contribution in [-0.4, -0.2) is 31.2 Å². The third kappa shape index (κ3) is 2.56. The fourth-order valence-electron chi connectivity index (χ4n) is 3.19. The summed E-state index contributed by atoms with van der Waals surface area (Å²) in [5.74, 6) is 0.163. The zero-order valence-corrected chi connectivity index (χ0v) is 11.4. The van der Waals surface area contributed by atoms with E-state index in [1.54, 1.807) is 0 Å². The van der Waals surface area contributed by atoms with E-state index in [-0.39, 0.29) is 16.8 Å². The maximum atomic E-state index is 12.8. The molecule has 2 aliphatic rings. The molecule has 0 aromatic carbocycles. The molecule has 0 saturated carbocycles. The molecule has 1 unspecified atom stereocenters. The summed E-state index contributed by atoms with van der Waals surface area (Å²) in [6, 6.07) is 4.02. The zero-order chi connectivity index (χ0) is 15.1. The summed E-state index contributed by atoms with van der Waals surface area (Å²) < 4.78 is 38.4. The van der Waals surface area contributed by atoms with Gasteiger partial charge in [0.1, 0.15) is 17.6 Å². The first-order valence-corrected chi connectivity index (χ1v) is 6.88. The second-order valence-corrected chi connectivity index (χ2v) is 5.78. The standard InChI is InChI=1S/C14H15F3N4/c15-14(16,17)11-2-1-10(7-18)12(20-11)21-6-4-13(9-21)3-5-19-8-13/h1-2,19H,3-6,8-9H2. The van der Waals surface area contributed by atoms with Crippen molar-refractivity contribution >= 4 is 5.82 Å². The first-order chi connectivity index (χ1) is 9.93. The number of nitriles is 1. The van der Waals surface area contributed by atoms with Crippen molar-refractivity contribution < 1.29 is 13.2 Å². The Hall–Kier alpha value is -1.81. The molecule has 1 spiro atoms. The lowest BCUT2D eigenvalue weighted by molar-refractivity contribution is -0.141. The third-order valence-corrected chi connectivity index (χ3v) is 4.36. The van der Waals surface area contributed by atoms with Crippen molar-refractivity contribution in [3.05, 3.63) is 23.4 Å². The molecule has 1 N–H and O–H groups in total. The minimum atomic E-state index is -4.49. The van der Waals surface area contributed by atoms with E-state index in [1.165, 1.54) is 6.07 Å². The molecular weight excluding hydrogens is 281 g/mol. The molecule has 0 aliphatic carbocycles. The first kappa shape index (κ1) is 14.1. The van der Waals surface area contributed by atoms with Crippen LogP contribution in [-0.2, 0) is 6.18 Å². The Kier molecular flexibility index (Phi) is 3.29. The summed E-state index contributed by atoms with van der Waals surface area (Å²) in [5.41, 5.74) is -0.629. The number of rotatable bonds is 1. The lowest BCUT2D eigenvalue weighted by atomic mass is 9.87. The Bertz CT molecular complexity index is 585. The highest BCUT2D eigenvalue weighted by molar-refractivity contribution is 5.55. The van der Waals surface area contributed by atoms with Crippen molar-refractivity contribution in [1.29, 1.82) is 5.26 Å². The molecule has 2 saturated heterocycles. The number of halogens is 3. The summed E-state index contributed by atoms with van der Waals surface area (Å²) in [7, 11) is 0. The monoisotopic (exact) mass is 296 g/mol. The lowest BCUT2D eigenvalue weighted by Crippen LogP contribution is -2.30. The summed E-state index contributed by atoms with van der Waals surface area (Å²) in [4.78, 5) is 5.53. The molecule has 1 aromatic rings. The predicted octanol–water partition coefficient (Wildman–Crippen LogP) is 2.16. The van der Waals surface area contributed by atoms with Crippen molar-refractivity contribution in [2.24, 2.45) is 5.41 Å². The van der Waals surface area contributed by atoms with Gasteiger partial charge in [0.2, 0.25) is 0 Å². The van der Waals surface area contributed by atoms with Gasteiger partial charge in [-0.15, -0.1) is 0 Å². The van der Waals surface area contributed by atoms with Crippen LogP contribution in [0.15, 0.2) is 12.1 Å². The number of anilines is 1. The zero-order valence-electron chi connectivity index (χ0n) is 11.4. The lowest BCUT2D eigenvalue weighted by Gasteiger charge is -2.24. The van der Waals surface area contributed by atoms with Crippen LogP contribution < -0.4 is 10.2 Å². The van der Waals surface area contributed by atoms with E-state index >= 15 is 0 Å². The predicted molar refractivity (Wildman–Crippen MR) is 70.7 cm³/mol. The molecule has 2 fully saturated rings. The molecule has 4 nitrogen and oxygen atoms in total. The second kappa shape index (κ2) is 4.88. The summed E-state index contributed by atoms with van der Waals surface area (Å²) >= 11 is 0. The fraction of sp³-hybridized carbons (Fsp3) is 0.571. The quantitative estimate of drug-likeness (QED) is 0.863. The molecular formula is C14H15F3N4. The summed E-state index contributed by atoms with van der Waals surface area (Å²) in [6.45, 7) is 3.12. The molecule has 2 aliphatic heterocycles. The van der Waals surface area contributed by atoms with Gasteiger partial charge in [0.25, 0.3) is 0 Å². The Labute approximate surface area is 120 Å². The first-order valence-electron chi connectivity index (χ1n) is 6.88. The van der Waals surface area contributed by atoms with E-state index in [2.05, 4.69) is 10.3 Å². The molecule has 21 heavy (non-hydrogen) atoms. The van der Waals surface area contributed by atoms with E-state index in [0.717, 1.165) is 32.0 Å². The topological polar surface area (TPSA) is 52.0 Å². The van der Waals surface area contributed by atoms with Gasteiger partial charge in [-0.1, -0.05) is 0 Å². The average Bonchev–Trinajstić information content (AvgIpc) is 3.08. The highest BCUT2D eigenvalue weighted by Crippen LogP contribution is 2.39. The maximum Gasteiger partial charge on any atom is 0.433 e. The highest BCUT2D eigenvalue weighted by Gasteiger charge is 2.42. The molecule has 0 radical (unpaired) electrons. The fourth-order valence-corrected chi connectivity index (χ4v) is 3.19. The second-order valence-electron chi connectivity index (χ2n) is 5.78. The number of nitrogens with one attached hydrogen (secondary N) is 1. The van der Waals surface area contributed by atoms with Crippen molar-refractivity contribution in [2.45, 2.75) is 19.0 Å². The van der Waals surface area contributed by atoms with Gasteiger partial charge in [-0.2, -0.15) is 18.4 Å². The highest BCUT2D eigenvalue weighted by atomic mass is 19.4. The van der Waals surface area contributed by atoms with E-state index in [0.29, 0.717) is 13.1 Å². The van der Waals surface area contributed by atoms with Crippen LogP contribution in [0.25, 0.3) is 0 Å². The van der Waals surface area contributed by atoms with Crippen molar-refractivity contribution in [2.75, 3.05) is 31.1 Å². The minimum Gasteiger partial charge on any atom is -0.355 e. The van der Waals surface area contributed by atoms with Crippen molar-refractivity contribution in [3.63, 3.8) is 0 Å². The minimum absolute atomic E-state index is 0.114. The Balaban J connectivity index is 1.92. The van der Waals surface area contributed by atoms with Crippen LogP contribution in [0.2, 0.25) is 0 Å². The van der Waals surface area contributed by atoms with Gasteiger partial charge in [0, 0.05) is 25.0 Å². The number of hydrogen-bond acceptors (Lipinski definition) is 4. The van der Waals surface area contributed by atoms with Crippen LogP contribution >= 0.6 is 0 Å². The maximum absolute atomic E-state index is 12.8. The van der Waals surface area contributed by atoms with Crippen LogP contribution in [0.4, 0.5) is 19.0 Å². The SMILES string of the molecule is N#Cc1ccc(C(F)(F)F)nc1N1CCC2(CCNC2)C1. The number of aromatic nitrogens is 1. The van der Waals surface area contributed by atoms with Gasteiger partial charge >= 0.3 is 6.18 Å². The van der Waals surface area contributed by atoms with Gasteiger partial charge in [0.15, 0.2) is 0 Å². The largest absolute Gasteiger partial charge is 0.433 e. The van der Waals surface area contributed by atoms with E-state index in [1.807, 2.05) is 11.0 Å². The van der Waals surface area contributed by atoms with Gasteiger partial charge in [-0.05, 0) is 31.5 Å². The molecule has 1 aromatic heterocycles. The number of pyridine rings is 1. The van der Waals surface area contributed by atoms with Gasteiger partial charge in [-0.25, -0.2) is 4.98 Å². The van der Waals surface area contributed by atoms with E-state index in [9.17, 15) is 13.2 Å². The smallest absolute Gasteiger partial charge is 0.355 e. The number of hydrogen-bond donors (Lipinski definition) is 1. The summed E-state index contributed by atoms with van der Waals surface area (Å²) in [6.07, 6.45) is -2.55. The van der Waals surface area contributed by atoms with Crippen molar-refractivity contribution in [3.8, 4) is 6.07 Å². The molecule has 0 amide bonds. The normalized spacial score (nSPS) is 25.5. The van der Waals surface area contributed by atoms with Crippen LogP contribution in [0.1, 0.15) is 24.1 Å². The van der Waals surface area contributed by atoms with Crippen LogP contribution in [0, 0.1) is 16.7 Å². The number of alkyl halides is 3. The van der Waals surface area contributed by atoms with Crippen LogP contribution in [0.3, 0.4) is 0 Å². The average molecular weight is 296 g/mol. The van der Waals surface area contributed by atoms with Crippen LogP contribution in [0.5, 0.6) is 0 Å². The third-order valence-electron chi connectivity index (χ3n) is 4.36. The van der Waals surface area contributed by atoms with E-state index in [4.69, 9.17) is 5.26 Å². The van der Waals surface area contributed by atoms with Crippen molar-refractivity contribution in [1.82, 2.24) is 10.3 Å². The molecule has 3 rings (SSSR count). The van der Waals surface area contributed by atoms with Gasteiger partial charge in [-0.3, -0.25) is 0 Å². The van der Waals surface area contributed by atoms with E-state index < -0.39 is 11.9 Å². The molecule has 1 atom stereocenters. The Morgan fingerprint density at radius 1 is 1.33 bits per heavy atom. The summed E-state index contributed by atoms with van der Waals surface area (Å²) in [5, 5.41) is 12.4. The molecule has 3 heterocycles. The molecule has 7 heteroatoms. The number of nitrogens with zero attached hydrogens (tertiary/aromatic N) is 3. The molecule has 0 bridgehead atoms. The molecule has 112 valence electrons. The Morgan fingerprint density at radius 3 is 2.76 bits per heavy atom. The van der Waals surface area contributed by atoms with Gasteiger partial charge < -0.3 is 10.2 Å². The Morgan fingerprint density at radius 2 is 2.14 bits per heavy atom.